The van der Waals surface area contributed by atoms with E-state index in [0.29, 0.717) is 10.5 Å². The van der Waals surface area contributed by atoms with Crippen LogP contribution in [0.25, 0.3) is 0 Å². The number of thioether (sulfide) groups is 3. The highest BCUT2D eigenvalue weighted by atomic mass is 32.2. The van der Waals surface area contributed by atoms with E-state index >= 15 is 0 Å². The summed E-state index contributed by atoms with van der Waals surface area (Å²) in [6, 6.07) is 0. The van der Waals surface area contributed by atoms with Crippen molar-refractivity contribution in [3.63, 3.8) is 0 Å². The van der Waals surface area contributed by atoms with Crippen molar-refractivity contribution in [2.24, 2.45) is 0 Å². The Hall–Kier alpha value is 2.45. The molecule has 2 atom stereocenters. The summed E-state index contributed by atoms with van der Waals surface area (Å²) in [5.41, 5.74) is 0. The van der Waals surface area contributed by atoms with Crippen LogP contribution in [0.5, 0.6) is 0 Å². The van der Waals surface area contributed by atoms with Gasteiger partial charge in [-0.3, -0.25) is 0 Å². The van der Waals surface area contributed by atoms with Crippen LogP contribution in [-0.4, -0.2) is 56.5 Å². The molecular weight excluding hydrogens is 345 g/mol. The first-order valence-corrected chi connectivity index (χ1v) is 11.3. The zero-order chi connectivity index (χ0) is 12.9. The highest BCUT2D eigenvalue weighted by molar-refractivity contribution is 8.06. The second-order valence-electron chi connectivity index (χ2n) is 3.34. The van der Waals surface area contributed by atoms with Gasteiger partial charge in [0.05, 0.1) is 0 Å². The molecular formula is C10H22S7. The lowest BCUT2D eigenvalue weighted by Crippen LogP contribution is -2.19. The van der Waals surface area contributed by atoms with E-state index in [2.05, 4.69) is 50.5 Å². The molecule has 0 saturated heterocycles. The second kappa shape index (κ2) is 14.9. The number of rotatable bonds is 12. The van der Waals surface area contributed by atoms with Gasteiger partial charge in [-0.2, -0.15) is 85.8 Å². The first kappa shape index (κ1) is 19.4. The molecule has 104 valence electrons. The van der Waals surface area contributed by atoms with Gasteiger partial charge in [-0.1, -0.05) is 0 Å². The minimum absolute atomic E-state index is 0.636. The molecule has 0 N–H and O–H groups in total. The molecule has 0 aromatic rings. The maximum atomic E-state index is 4.44. The Balaban J connectivity index is 3.77. The molecule has 0 heterocycles. The SMILES string of the molecule is SCCSC[C@@H](CS)S[C@@H](CS)CSCCS. The lowest BCUT2D eigenvalue weighted by Gasteiger charge is -2.20. The number of hydrogen-bond donors (Lipinski definition) is 4. The monoisotopic (exact) mass is 366 g/mol. The fourth-order valence-electron chi connectivity index (χ4n) is 1.10. The molecule has 0 aromatic heterocycles. The summed E-state index contributed by atoms with van der Waals surface area (Å²) in [5.74, 6) is 8.44. The zero-order valence-corrected chi connectivity index (χ0v) is 15.9. The largest absolute Gasteiger partial charge is 0.179 e. The van der Waals surface area contributed by atoms with Crippen molar-refractivity contribution in [1.82, 2.24) is 0 Å². The van der Waals surface area contributed by atoms with Crippen molar-refractivity contribution >= 4 is 85.8 Å². The van der Waals surface area contributed by atoms with Crippen molar-refractivity contribution in [3.05, 3.63) is 0 Å². The molecule has 0 saturated carbocycles. The lowest BCUT2D eigenvalue weighted by atomic mass is 10.5. The van der Waals surface area contributed by atoms with Gasteiger partial charge in [0.2, 0.25) is 0 Å². The van der Waals surface area contributed by atoms with Crippen LogP contribution in [0.3, 0.4) is 0 Å². The molecule has 0 amide bonds. The molecule has 0 radical (unpaired) electrons. The fourth-order valence-corrected chi connectivity index (χ4v) is 6.27. The van der Waals surface area contributed by atoms with E-state index in [1.807, 2.05) is 35.3 Å². The van der Waals surface area contributed by atoms with Gasteiger partial charge in [0.15, 0.2) is 0 Å². The van der Waals surface area contributed by atoms with Crippen molar-refractivity contribution in [2.45, 2.75) is 10.5 Å². The topological polar surface area (TPSA) is 0 Å². The first-order valence-electron chi connectivity index (χ1n) is 5.52. The summed E-state index contributed by atoms with van der Waals surface area (Å²) in [6.07, 6.45) is 0. The van der Waals surface area contributed by atoms with E-state index in [0.717, 1.165) is 34.5 Å². The number of hydrogen-bond acceptors (Lipinski definition) is 7. The van der Waals surface area contributed by atoms with E-state index in [-0.39, 0.29) is 0 Å². The molecule has 0 aliphatic rings. The van der Waals surface area contributed by atoms with Crippen LogP contribution >= 0.6 is 85.8 Å². The molecule has 0 aromatic carbocycles. The summed E-state index contributed by atoms with van der Waals surface area (Å²) in [5, 5.41) is 1.27. The van der Waals surface area contributed by atoms with Crippen molar-refractivity contribution in [2.75, 3.05) is 46.0 Å². The Morgan fingerprint density at radius 3 is 1.41 bits per heavy atom. The van der Waals surface area contributed by atoms with Gasteiger partial charge >= 0.3 is 0 Å². The van der Waals surface area contributed by atoms with Gasteiger partial charge in [-0.05, 0) is 11.5 Å². The van der Waals surface area contributed by atoms with Crippen LogP contribution in [-0.2, 0) is 0 Å². The maximum absolute atomic E-state index is 4.44. The molecule has 0 bridgehead atoms. The van der Waals surface area contributed by atoms with Gasteiger partial charge in [0.1, 0.15) is 0 Å². The van der Waals surface area contributed by atoms with Crippen LogP contribution in [0.2, 0.25) is 0 Å². The third-order valence-electron chi connectivity index (χ3n) is 1.87. The Morgan fingerprint density at radius 2 is 1.12 bits per heavy atom. The normalized spacial score (nSPS) is 14.8. The summed E-state index contributed by atoms with van der Waals surface area (Å²) in [6.45, 7) is 0. The van der Waals surface area contributed by atoms with Crippen molar-refractivity contribution < 1.29 is 0 Å². The van der Waals surface area contributed by atoms with Crippen molar-refractivity contribution in [1.29, 1.82) is 0 Å². The third-order valence-corrected chi connectivity index (χ3v) is 8.42. The average Bonchev–Trinajstić information content (AvgIpc) is 2.36. The van der Waals surface area contributed by atoms with Crippen LogP contribution < -0.4 is 0 Å². The van der Waals surface area contributed by atoms with E-state index in [1.54, 1.807) is 0 Å². The molecule has 0 nitrogen and oxygen atoms in total. The first-order chi connectivity index (χ1) is 8.28. The highest BCUT2D eigenvalue weighted by Gasteiger charge is 2.15. The Kier molecular flexibility index (Phi) is 17.0. The van der Waals surface area contributed by atoms with Gasteiger partial charge in [0, 0.05) is 45.0 Å². The number of thiol groups is 4. The van der Waals surface area contributed by atoms with Crippen LogP contribution in [0.15, 0.2) is 0 Å². The van der Waals surface area contributed by atoms with E-state index in [4.69, 9.17) is 0 Å². The summed E-state index contributed by atoms with van der Waals surface area (Å²) in [4.78, 5) is 0. The standard InChI is InChI=1S/C10H22S7/c11-1-3-15-7-9(5-13)17-10(6-14)8-16-4-2-12/h9-14H,1-8H2/t9-,10+. The molecule has 0 rings (SSSR count). The Labute approximate surface area is 141 Å². The van der Waals surface area contributed by atoms with Gasteiger partial charge in [-0.25, -0.2) is 0 Å². The second-order valence-corrected chi connectivity index (χ2v) is 8.87. The molecule has 0 spiro atoms. The van der Waals surface area contributed by atoms with E-state index < -0.39 is 0 Å². The van der Waals surface area contributed by atoms with Crippen LogP contribution in [0.4, 0.5) is 0 Å². The summed E-state index contributed by atoms with van der Waals surface area (Å²) < 4.78 is 0. The minimum Gasteiger partial charge on any atom is -0.179 e. The van der Waals surface area contributed by atoms with Gasteiger partial charge in [-0.15, -0.1) is 0 Å². The molecule has 0 aliphatic carbocycles. The molecule has 0 unspecified atom stereocenters. The smallest absolute Gasteiger partial charge is 0.0229 e. The highest BCUT2D eigenvalue weighted by Crippen LogP contribution is 2.26. The molecule has 0 fully saturated rings. The van der Waals surface area contributed by atoms with Crippen molar-refractivity contribution in [3.8, 4) is 0 Å². The zero-order valence-electron chi connectivity index (χ0n) is 9.83. The lowest BCUT2D eigenvalue weighted by molar-refractivity contribution is 1.09. The molecule has 0 aliphatic heterocycles. The van der Waals surface area contributed by atoms with Gasteiger partial charge in [0.25, 0.3) is 0 Å². The summed E-state index contributed by atoms with van der Waals surface area (Å²) in [7, 11) is 0. The van der Waals surface area contributed by atoms with Gasteiger partial charge < -0.3 is 0 Å². The summed E-state index contributed by atoms with van der Waals surface area (Å²) >= 11 is 23.3. The van der Waals surface area contributed by atoms with Crippen LogP contribution in [0.1, 0.15) is 0 Å². The Morgan fingerprint density at radius 1 is 0.706 bits per heavy atom. The van der Waals surface area contributed by atoms with Crippen LogP contribution in [0, 0.1) is 0 Å². The third kappa shape index (κ3) is 11.9. The molecule has 17 heavy (non-hydrogen) atoms. The minimum atomic E-state index is 0.636. The van der Waals surface area contributed by atoms with E-state index in [9.17, 15) is 0 Å². The maximum Gasteiger partial charge on any atom is 0.0229 e. The van der Waals surface area contributed by atoms with E-state index in [1.165, 1.54) is 11.5 Å². The predicted octanol–water partition coefficient (Wildman–Crippen LogP) is 3.64. The average molecular weight is 367 g/mol. The quantitative estimate of drug-likeness (QED) is 0.308. The predicted molar refractivity (Wildman–Crippen MR) is 105 cm³/mol. The molecule has 7 heteroatoms. The Bertz CT molecular complexity index is 140. The fraction of sp³-hybridized carbons (Fsp3) is 1.00.